The molecule has 0 fully saturated rings. The van der Waals surface area contributed by atoms with Crippen molar-refractivity contribution in [2.75, 3.05) is 164 Å². The molecule has 44 N–H and O–H groups in total. The fourth-order valence-corrected chi connectivity index (χ4v) is 11.7. The van der Waals surface area contributed by atoms with Gasteiger partial charge in [-0.2, -0.15) is 0 Å². The number of hydrogen-bond donors (Lipinski definition) is 44. The number of aliphatic hydroxyl groups is 30. The number of hydrogen-bond acceptors (Lipinski definition) is 50. The second kappa shape index (κ2) is 60.2. The average molecular weight is 1850 g/mol. The van der Waals surface area contributed by atoms with Crippen molar-refractivity contribution in [1.82, 2.24) is 57.9 Å². The second-order valence-corrected chi connectivity index (χ2v) is 30.4. The molecule has 0 heterocycles. The first-order valence-electron chi connectivity index (χ1n) is 37.4. The number of hydroxylamine groups is 4. The highest BCUT2D eigenvalue weighted by Crippen LogP contribution is 2.35. The van der Waals surface area contributed by atoms with Gasteiger partial charge in [-0.25, -0.2) is 21.9 Å². The molecule has 0 aliphatic heterocycles. The Hall–Kier alpha value is -5.73. The maximum absolute atomic E-state index is 14.1. The zero-order valence-corrected chi connectivity index (χ0v) is 67.2. The van der Waals surface area contributed by atoms with Gasteiger partial charge in [0.05, 0.1) is 85.6 Å². The van der Waals surface area contributed by atoms with Gasteiger partial charge in [-0.15, -0.1) is 0 Å². The number of nitrogens with one attached hydrogen (secondary N) is 8. The minimum Gasteiger partial charge on any atom is -0.480 e. The molecule has 4 amide bonds. The average Bonchev–Trinajstić information content (AvgIpc) is 0.832. The van der Waals surface area contributed by atoms with E-state index in [-0.39, 0.29) is 0 Å². The third-order valence-electron chi connectivity index (χ3n) is 18.9. The Morgan fingerprint density at radius 3 is 0.839 bits per heavy atom. The lowest BCUT2D eigenvalue weighted by Gasteiger charge is -2.36. The summed E-state index contributed by atoms with van der Waals surface area (Å²) in [7, 11) is -5.33. The van der Waals surface area contributed by atoms with Gasteiger partial charge in [-0.1, -0.05) is 0 Å². The maximum Gasteiger partial charge on any atom is 0.339 e. The van der Waals surface area contributed by atoms with Crippen molar-refractivity contribution in [3.05, 3.63) is 0 Å². The van der Waals surface area contributed by atoms with Crippen molar-refractivity contribution in [1.29, 1.82) is 0 Å². The summed E-state index contributed by atoms with van der Waals surface area (Å²) < 4.78 is 12.7. The predicted molar refractivity (Wildman–Crippen MR) is 398 cm³/mol. The minimum atomic E-state index is -5.33. The molecule has 0 aliphatic carbocycles. The van der Waals surface area contributed by atoms with Gasteiger partial charge in [0.25, 0.3) is 17.7 Å². The molecule has 0 aliphatic rings. The molecule has 0 aromatic heterocycles. The third kappa shape index (κ3) is 42.7. The van der Waals surface area contributed by atoms with E-state index in [1.807, 2.05) is 16.0 Å². The van der Waals surface area contributed by atoms with Crippen LogP contribution in [0.15, 0.2) is 0 Å². The number of carbonyl (C=O) groups is 8. The van der Waals surface area contributed by atoms with Crippen molar-refractivity contribution in [3.63, 3.8) is 0 Å². The highest BCUT2D eigenvalue weighted by atomic mass is 31.2. The number of nitrogens with zero attached hydrogens (tertiary/aromatic N) is 3. The fourth-order valence-electron chi connectivity index (χ4n) is 10.9. The molecule has 25 unspecified atom stereocenters. The van der Waals surface area contributed by atoms with Crippen LogP contribution in [0.5, 0.6) is 0 Å². The molecule has 0 spiro atoms. The van der Waals surface area contributed by atoms with E-state index in [1.54, 1.807) is 0 Å². The number of carboxylic acids is 4. The first-order valence-corrected chi connectivity index (χ1v) is 39.2. The van der Waals surface area contributed by atoms with Gasteiger partial charge >= 0.3 is 31.5 Å². The van der Waals surface area contributed by atoms with Crippen LogP contribution < -0.4 is 43.2 Å². The zero-order valence-electron chi connectivity index (χ0n) is 66.3. The van der Waals surface area contributed by atoms with Crippen LogP contribution in [0.4, 0.5) is 0 Å². The Kier molecular flexibility index (Phi) is 57.4. The van der Waals surface area contributed by atoms with Gasteiger partial charge in [0.2, 0.25) is 5.91 Å². The third-order valence-corrected chi connectivity index (χ3v) is 19.6. The van der Waals surface area contributed by atoms with Crippen molar-refractivity contribution < 1.29 is 246 Å². The molecule has 0 radical (unpaired) electrons. The van der Waals surface area contributed by atoms with E-state index in [0.717, 1.165) is 4.90 Å². The van der Waals surface area contributed by atoms with Crippen LogP contribution in [0, 0.1) is 10.8 Å². The Bertz CT molecular complexity index is 2910. The Balaban J connectivity index is 7.69. The van der Waals surface area contributed by atoms with Gasteiger partial charge in [-0.3, -0.25) is 72.1 Å². The molecule has 0 bridgehead atoms. The van der Waals surface area contributed by atoms with Crippen LogP contribution in [0.3, 0.4) is 0 Å². The first kappa shape index (κ1) is 118. The molecule has 0 saturated carbocycles. The molecule has 730 valence electrons. The molecule has 0 rings (SSSR count). The van der Waals surface area contributed by atoms with Gasteiger partial charge < -0.3 is 210 Å². The normalized spacial score (nSPS) is 19.7. The predicted octanol–water partition coefficient (Wildman–Crippen LogP) is -26.0. The standard InChI is InChI=1S/C63H124N11O49P/c75-10-30(81)42(95)48(101)36(87)16-121-69-24-63(25-70-122-17-37(88)49(102)43(96)31(82)11-76,26-71-123-18-38(89)50(103)44(97)32(83)12-77)19-64-39(90)7-29(61(115)116)74(9-41(93)94)5-3-72(27-124(117,118)119)2-4-73(8-40(91)92)28(60(113)114)1-6-120-68-23-62(20-65-57(110)54(107)51(104)45(98)33(84)13-78,21-66-58(111)55(108)52(105)46(99)34(85)14-79)22-67-59(112)56(109)53(106)47(100)35(86)15-80/h28-38,42-56,68-71,75-89,95-109H,1-27H2,(H,64,90)(H,65,110)(H,66,111)(H,67,112)(H,91,92)(H,93,94)(H,113,114)(H,115,116)(H2,117,118,119)/t28?,29-,30?,31?,32?,33?,34?,35?,36?,37?,38?,42?,43?,44?,45?,46?,47?,48?,49?,50?,51?,52?,53?,54?,55?,56?,62?,63?/m0/s1. The van der Waals surface area contributed by atoms with Gasteiger partial charge in [-0.05, 0) is 6.42 Å². The molecule has 0 aromatic carbocycles. The van der Waals surface area contributed by atoms with E-state index in [9.17, 15) is 226 Å². The van der Waals surface area contributed by atoms with E-state index in [1.165, 1.54) is 0 Å². The van der Waals surface area contributed by atoms with Crippen molar-refractivity contribution in [2.45, 2.75) is 171 Å². The molecule has 26 atom stereocenters. The van der Waals surface area contributed by atoms with E-state index < -0.39 is 401 Å². The van der Waals surface area contributed by atoms with Crippen LogP contribution in [0.25, 0.3) is 0 Å². The number of aliphatic hydroxyl groups excluding tert-OH is 30. The smallest absolute Gasteiger partial charge is 0.339 e. The minimum absolute atomic E-state index is 0.571. The van der Waals surface area contributed by atoms with Crippen molar-refractivity contribution in [2.24, 2.45) is 10.8 Å². The lowest BCUT2D eigenvalue weighted by Crippen LogP contribution is -2.61. The Labute approximate surface area is 703 Å². The number of amides is 4. The fraction of sp³-hybridized carbons (Fsp3) is 0.873. The van der Waals surface area contributed by atoms with Crippen LogP contribution in [0.2, 0.25) is 0 Å². The Morgan fingerprint density at radius 1 is 0.323 bits per heavy atom. The molecule has 61 heteroatoms. The molecular formula is C63H124N11O49P. The van der Waals surface area contributed by atoms with Crippen LogP contribution in [0.1, 0.15) is 12.8 Å². The SMILES string of the molecule is O=C(O)CN(CCN(CCN(CC(=O)O)[C@@H](CC(=O)NCC(CNOCC(O)C(O)C(O)C(O)CO)(CNOCC(O)C(O)C(O)C(O)CO)CNOCC(O)C(O)C(O)C(O)CO)C(=O)O)CP(=O)(O)O)C(CCONCC(CNC(=O)C(O)C(O)C(O)C(O)CO)(CNC(=O)C(O)C(O)C(O)C(O)CO)CNC(=O)C(O)C(O)C(O)C(O)CO)C(=O)O. The number of rotatable bonds is 74. The summed E-state index contributed by atoms with van der Waals surface area (Å²) in [6.07, 6.45) is -58.9. The summed E-state index contributed by atoms with van der Waals surface area (Å²) in [6.45, 7) is -24.3. The summed E-state index contributed by atoms with van der Waals surface area (Å²) >= 11 is 0. The molecule has 0 saturated heterocycles. The topological polar surface area (TPSA) is 1020 Å². The van der Waals surface area contributed by atoms with Gasteiger partial charge in [0, 0.05) is 89.4 Å². The lowest BCUT2D eigenvalue weighted by atomic mass is 9.86. The van der Waals surface area contributed by atoms with Crippen LogP contribution in [-0.2, 0) is 62.3 Å². The van der Waals surface area contributed by atoms with Crippen molar-refractivity contribution in [3.8, 4) is 0 Å². The molecule has 0 aromatic rings. The first-order chi connectivity index (χ1) is 57.7. The quantitative estimate of drug-likeness (QED) is 0.0153. The Morgan fingerprint density at radius 2 is 0.573 bits per heavy atom. The van der Waals surface area contributed by atoms with Crippen LogP contribution in [-0.4, -0.2) is 568 Å². The number of carboxylic acid groups (broad SMARTS) is 4. The summed E-state index contributed by atoms with van der Waals surface area (Å²) in [5.41, 5.74) is 4.96. The summed E-state index contributed by atoms with van der Waals surface area (Å²) in [6, 6.07) is -4.32. The van der Waals surface area contributed by atoms with E-state index in [4.69, 9.17) is 19.4 Å². The second-order valence-electron chi connectivity index (χ2n) is 28.8. The molecule has 124 heavy (non-hydrogen) atoms. The number of aliphatic carboxylic acids is 4. The monoisotopic (exact) mass is 1850 g/mol. The van der Waals surface area contributed by atoms with E-state index >= 15 is 0 Å². The summed E-state index contributed by atoms with van der Waals surface area (Å²) in [5, 5.41) is 351. The summed E-state index contributed by atoms with van der Waals surface area (Å²) in [4.78, 5) is 149. The molecule has 60 nitrogen and oxygen atoms in total. The van der Waals surface area contributed by atoms with E-state index in [2.05, 4.69) is 27.2 Å². The van der Waals surface area contributed by atoms with Gasteiger partial charge in [0.15, 0.2) is 18.3 Å². The van der Waals surface area contributed by atoms with E-state index in [0.29, 0.717) is 9.80 Å². The van der Waals surface area contributed by atoms with Crippen molar-refractivity contribution >= 4 is 55.1 Å². The highest BCUT2D eigenvalue weighted by molar-refractivity contribution is 7.51. The lowest BCUT2D eigenvalue weighted by molar-refractivity contribution is -0.151. The van der Waals surface area contributed by atoms with Crippen LogP contribution >= 0.6 is 7.60 Å². The van der Waals surface area contributed by atoms with Gasteiger partial charge in [0.1, 0.15) is 147 Å². The zero-order chi connectivity index (χ0) is 95.4. The maximum atomic E-state index is 14.1. The highest BCUT2D eigenvalue weighted by Gasteiger charge is 2.44. The number of carbonyl (C=O) groups excluding carboxylic acids is 4. The largest absolute Gasteiger partial charge is 0.480 e. The summed E-state index contributed by atoms with van der Waals surface area (Å²) in [5.74, 6) is -13.8. The molecular weight excluding hydrogens is 1730 g/mol.